The van der Waals surface area contributed by atoms with Gasteiger partial charge in [-0.3, -0.25) is 4.79 Å². The summed E-state index contributed by atoms with van der Waals surface area (Å²) in [6, 6.07) is 0. The first-order valence-corrected chi connectivity index (χ1v) is 9.97. The zero-order valence-electron chi connectivity index (χ0n) is 15.6. The lowest BCUT2D eigenvalue weighted by Gasteiger charge is -2.23. The Morgan fingerprint density at radius 2 is 1.31 bits per heavy atom. The van der Waals surface area contributed by atoms with Gasteiger partial charge in [0.1, 0.15) is 5.78 Å². The van der Waals surface area contributed by atoms with Gasteiger partial charge in [-0.2, -0.15) is 0 Å². The van der Waals surface area contributed by atoms with E-state index >= 15 is 0 Å². The minimum absolute atomic E-state index is 0.0402. The molecule has 2 aliphatic rings. The number of hydrogen-bond acceptors (Lipinski definition) is 7. The molecule has 4 atom stereocenters. The lowest BCUT2D eigenvalue weighted by Crippen LogP contribution is -2.26. The summed E-state index contributed by atoms with van der Waals surface area (Å²) >= 11 is 0. The molecule has 0 saturated carbocycles. The first kappa shape index (κ1) is 21.7. The molecule has 2 heterocycles. The summed E-state index contributed by atoms with van der Waals surface area (Å²) < 4.78 is 22.0. The quantitative estimate of drug-likeness (QED) is 0.539. The third kappa shape index (κ3) is 9.39. The van der Waals surface area contributed by atoms with Crippen molar-refractivity contribution in [3.8, 4) is 0 Å². The number of aliphatic hydroxyl groups is 2. The van der Waals surface area contributed by atoms with Crippen molar-refractivity contribution in [3.63, 3.8) is 0 Å². The largest absolute Gasteiger partial charge is 0.393 e. The van der Waals surface area contributed by atoms with Crippen molar-refractivity contribution in [1.82, 2.24) is 0 Å². The fourth-order valence-corrected chi connectivity index (χ4v) is 3.17. The number of ketones is 1. The lowest BCUT2D eigenvalue weighted by atomic mass is 10.0. The molecule has 7 nitrogen and oxygen atoms in total. The van der Waals surface area contributed by atoms with Crippen molar-refractivity contribution >= 4 is 5.78 Å². The van der Waals surface area contributed by atoms with Crippen LogP contribution in [0.25, 0.3) is 0 Å². The topological polar surface area (TPSA) is 94.5 Å². The minimum atomic E-state index is -0.745. The van der Waals surface area contributed by atoms with E-state index in [-0.39, 0.29) is 31.2 Å². The van der Waals surface area contributed by atoms with E-state index < -0.39 is 12.2 Å². The Bertz CT molecular complexity index is 344. The summed E-state index contributed by atoms with van der Waals surface area (Å²) in [5.74, 6) is -0.146. The van der Waals surface area contributed by atoms with E-state index in [1.807, 2.05) is 0 Å². The highest BCUT2D eigenvalue weighted by molar-refractivity contribution is 5.79. The maximum atomic E-state index is 11.9. The molecular weight excluding hydrogens is 340 g/mol. The van der Waals surface area contributed by atoms with Crippen LogP contribution >= 0.6 is 0 Å². The number of Topliss-reactive ketones (excluding diaryl/α,β-unsaturated/α-hetero) is 1. The smallest absolute Gasteiger partial charge is 0.157 e. The molecule has 152 valence electrons. The molecule has 2 N–H and O–H groups in total. The fourth-order valence-electron chi connectivity index (χ4n) is 3.17. The third-order valence-electron chi connectivity index (χ3n) is 4.71. The zero-order chi connectivity index (χ0) is 18.6. The molecule has 0 aromatic rings. The predicted octanol–water partition coefficient (Wildman–Crippen LogP) is 1.92. The van der Waals surface area contributed by atoms with Crippen LogP contribution < -0.4 is 0 Å². The first-order chi connectivity index (χ1) is 12.6. The molecule has 0 amide bonds. The zero-order valence-corrected chi connectivity index (χ0v) is 15.6. The first-order valence-electron chi connectivity index (χ1n) is 9.97. The number of carbonyl (C=O) groups is 1. The normalized spacial score (nSPS) is 26.4. The van der Waals surface area contributed by atoms with E-state index in [4.69, 9.17) is 18.9 Å². The van der Waals surface area contributed by atoms with Gasteiger partial charge in [0.05, 0.1) is 25.4 Å². The monoisotopic (exact) mass is 374 g/mol. The Balaban J connectivity index is 1.48. The van der Waals surface area contributed by atoms with Gasteiger partial charge in [0.15, 0.2) is 12.6 Å². The Morgan fingerprint density at radius 1 is 0.846 bits per heavy atom. The predicted molar refractivity (Wildman–Crippen MR) is 94.6 cm³/mol. The molecule has 2 aliphatic heterocycles. The SMILES string of the molecule is O=C(C[C@@H](O)CCOC1CCCCO1)C[C@@H](O)CCOC1CCCCO1. The molecule has 0 aliphatic carbocycles. The van der Waals surface area contributed by atoms with Gasteiger partial charge in [0.25, 0.3) is 0 Å². The lowest BCUT2D eigenvalue weighted by molar-refractivity contribution is -0.165. The molecule has 0 aromatic heterocycles. The second kappa shape index (κ2) is 12.8. The van der Waals surface area contributed by atoms with Crippen LogP contribution in [-0.4, -0.2) is 67.2 Å². The van der Waals surface area contributed by atoms with Crippen LogP contribution in [0.5, 0.6) is 0 Å². The molecule has 0 radical (unpaired) electrons. The van der Waals surface area contributed by atoms with Crippen molar-refractivity contribution in [3.05, 3.63) is 0 Å². The van der Waals surface area contributed by atoms with Crippen LogP contribution in [0.15, 0.2) is 0 Å². The van der Waals surface area contributed by atoms with Crippen molar-refractivity contribution in [2.24, 2.45) is 0 Å². The average Bonchev–Trinajstić information content (AvgIpc) is 2.63. The second-order valence-electron chi connectivity index (χ2n) is 7.17. The number of hydrogen-bond donors (Lipinski definition) is 2. The van der Waals surface area contributed by atoms with Crippen molar-refractivity contribution in [1.29, 1.82) is 0 Å². The summed E-state index contributed by atoms with van der Waals surface area (Å²) in [6.07, 6.45) is 5.12. The van der Waals surface area contributed by atoms with Gasteiger partial charge < -0.3 is 29.2 Å². The van der Waals surface area contributed by atoms with Crippen LogP contribution in [0.3, 0.4) is 0 Å². The van der Waals surface area contributed by atoms with E-state index in [1.54, 1.807) is 0 Å². The van der Waals surface area contributed by atoms with E-state index in [0.29, 0.717) is 26.1 Å². The molecule has 2 rings (SSSR count). The molecule has 2 unspecified atom stereocenters. The van der Waals surface area contributed by atoms with Crippen LogP contribution in [0.2, 0.25) is 0 Å². The summed E-state index contributed by atoms with van der Waals surface area (Å²) in [4.78, 5) is 11.9. The number of ether oxygens (including phenoxy) is 4. The molecular formula is C19H34O7. The average molecular weight is 374 g/mol. The summed E-state index contributed by atoms with van der Waals surface area (Å²) in [5.41, 5.74) is 0. The van der Waals surface area contributed by atoms with E-state index in [0.717, 1.165) is 51.7 Å². The molecule has 26 heavy (non-hydrogen) atoms. The van der Waals surface area contributed by atoms with Gasteiger partial charge >= 0.3 is 0 Å². The number of carbonyl (C=O) groups excluding carboxylic acids is 1. The highest BCUT2D eigenvalue weighted by Gasteiger charge is 2.19. The van der Waals surface area contributed by atoms with Gasteiger partial charge in [0.2, 0.25) is 0 Å². The molecule has 0 aromatic carbocycles. The van der Waals surface area contributed by atoms with E-state index in [1.165, 1.54) is 0 Å². The van der Waals surface area contributed by atoms with Gasteiger partial charge in [-0.1, -0.05) is 0 Å². The molecule has 0 spiro atoms. The fraction of sp³-hybridized carbons (Fsp3) is 0.947. The Kier molecular flexibility index (Phi) is 10.7. The van der Waals surface area contributed by atoms with Crippen molar-refractivity contribution in [2.45, 2.75) is 89.0 Å². The van der Waals surface area contributed by atoms with E-state index in [2.05, 4.69) is 0 Å². The van der Waals surface area contributed by atoms with Gasteiger partial charge in [0, 0.05) is 26.1 Å². The van der Waals surface area contributed by atoms with E-state index in [9.17, 15) is 15.0 Å². The minimum Gasteiger partial charge on any atom is -0.393 e. The number of rotatable bonds is 12. The number of aliphatic hydroxyl groups excluding tert-OH is 2. The Hall–Kier alpha value is -0.570. The highest BCUT2D eigenvalue weighted by Crippen LogP contribution is 2.16. The Morgan fingerprint density at radius 3 is 1.69 bits per heavy atom. The van der Waals surface area contributed by atoms with Gasteiger partial charge in [-0.05, 0) is 51.4 Å². The van der Waals surface area contributed by atoms with Crippen LogP contribution in [0.4, 0.5) is 0 Å². The maximum Gasteiger partial charge on any atom is 0.157 e. The third-order valence-corrected chi connectivity index (χ3v) is 4.71. The molecule has 2 saturated heterocycles. The molecule has 0 bridgehead atoms. The molecule has 2 fully saturated rings. The molecule has 7 heteroatoms. The second-order valence-corrected chi connectivity index (χ2v) is 7.17. The van der Waals surface area contributed by atoms with Crippen molar-refractivity contribution < 1.29 is 34.0 Å². The summed E-state index contributed by atoms with van der Waals surface area (Å²) in [5, 5.41) is 19.9. The van der Waals surface area contributed by atoms with Crippen LogP contribution in [-0.2, 0) is 23.7 Å². The summed E-state index contributed by atoms with van der Waals surface area (Å²) in [6.45, 7) is 2.19. The van der Waals surface area contributed by atoms with Crippen molar-refractivity contribution in [2.75, 3.05) is 26.4 Å². The maximum absolute atomic E-state index is 11.9. The summed E-state index contributed by atoms with van der Waals surface area (Å²) in [7, 11) is 0. The van der Waals surface area contributed by atoms with Gasteiger partial charge in [-0.25, -0.2) is 0 Å². The highest BCUT2D eigenvalue weighted by atomic mass is 16.7. The van der Waals surface area contributed by atoms with Gasteiger partial charge in [-0.15, -0.1) is 0 Å². The Labute approximate surface area is 156 Å². The van der Waals surface area contributed by atoms with Crippen LogP contribution in [0.1, 0.15) is 64.2 Å². The van der Waals surface area contributed by atoms with Crippen LogP contribution in [0, 0.1) is 0 Å². The standard InChI is InChI=1S/C19H34O7/c20-15(7-11-25-18-5-1-3-9-23-18)13-17(22)14-16(21)8-12-26-19-6-2-4-10-24-19/h15-16,18-21H,1-14H2/t15-,16-,18?,19?/m0/s1.